The van der Waals surface area contributed by atoms with Gasteiger partial charge in [0.25, 0.3) is 0 Å². The fourth-order valence-corrected chi connectivity index (χ4v) is 2.65. The highest BCUT2D eigenvalue weighted by Crippen LogP contribution is 2.21. The Morgan fingerprint density at radius 2 is 1.87 bits per heavy atom. The molecule has 0 aliphatic carbocycles. The van der Waals surface area contributed by atoms with Crippen molar-refractivity contribution in [1.29, 1.82) is 0 Å². The minimum Gasteiger partial charge on any atom is -0.333 e. The number of rotatable bonds is 5. The number of benzene rings is 2. The van der Waals surface area contributed by atoms with Gasteiger partial charge in [-0.2, -0.15) is 0 Å². The molecule has 0 saturated carbocycles. The van der Waals surface area contributed by atoms with Crippen LogP contribution in [0.1, 0.15) is 0 Å². The Morgan fingerprint density at radius 1 is 1.13 bits per heavy atom. The van der Waals surface area contributed by atoms with Gasteiger partial charge in [-0.3, -0.25) is 4.79 Å². The smallest absolute Gasteiger partial charge is 0.234 e. The van der Waals surface area contributed by atoms with Gasteiger partial charge in [0.15, 0.2) is 5.16 Å². The summed E-state index contributed by atoms with van der Waals surface area (Å²) in [5, 5.41) is 3.46. The van der Waals surface area contributed by atoms with Crippen LogP contribution in [-0.2, 0) is 4.79 Å². The number of hydrogen-bond donors (Lipinski definition) is 2. The fraction of sp³-hybridized carbons (Fsp3) is 0.0588. The first-order valence-electron chi connectivity index (χ1n) is 6.99. The molecule has 1 amide bonds. The number of halogens is 1. The Kier molecular flexibility index (Phi) is 4.73. The van der Waals surface area contributed by atoms with E-state index >= 15 is 0 Å². The maximum absolute atomic E-state index is 12.9. The molecule has 6 heteroatoms. The Balaban J connectivity index is 1.57. The van der Waals surface area contributed by atoms with Crippen molar-refractivity contribution in [3.05, 3.63) is 66.6 Å². The number of hydrogen-bond acceptors (Lipinski definition) is 3. The Morgan fingerprint density at radius 3 is 2.61 bits per heavy atom. The van der Waals surface area contributed by atoms with Gasteiger partial charge in [-0.1, -0.05) is 30.0 Å². The summed E-state index contributed by atoms with van der Waals surface area (Å²) < 4.78 is 12.9. The van der Waals surface area contributed by atoms with Gasteiger partial charge in [-0.25, -0.2) is 9.37 Å². The molecule has 2 aromatic carbocycles. The average Bonchev–Trinajstić information content (AvgIpc) is 3.04. The lowest BCUT2D eigenvalue weighted by molar-refractivity contribution is -0.113. The van der Waals surface area contributed by atoms with Gasteiger partial charge in [0.1, 0.15) is 5.82 Å². The summed E-state index contributed by atoms with van der Waals surface area (Å²) in [5.74, 6) is -0.118. The summed E-state index contributed by atoms with van der Waals surface area (Å²) in [6.07, 6.45) is 1.67. The van der Waals surface area contributed by atoms with Crippen LogP contribution in [0.25, 0.3) is 11.3 Å². The van der Waals surface area contributed by atoms with Crippen LogP contribution in [-0.4, -0.2) is 21.6 Å². The van der Waals surface area contributed by atoms with Gasteiger partial charge < -0.3 is 10.3 Å². The van der Waals surface area contributed by atoms with Crippen molar-refractivity contribution < 1.29 is 9.18 Å². The molecule has 0 unspecified atom stereocenters. The van der Waals surface area contributed by atoms with Gasteiger partial charge >= 0.3 is 0 Å². The minimum atomic E-state index is -0.277. The number of amides is 1. The van der Waals surface area contributed by atoms with E-state index in [1.807, 2.05) is 30.3 Å². The molecule has 0 aliphatic heterocycles. The maximum Gasteiger partial charge on any atom is 0.234 e. The van der Waals surface area contributed by atoms with Crippen molar-refractivity contribution in [2.24, 2.45) is 0 Å². The summed E-state index contributed by atoms with van der Waals surface area (Å²) in [6.45, 7) is 0. The second kappa shape index (κ2) is 7.11. The van der Waals surface area contributed by atoms with Crippen LogP contribution in [0.15, 0.2) is 66.0 Å². The van der Waals surface area contributed by atoms with Crippen molar-refractivity contribution in [1.82, 2.24) is 9.97 Å². The highest BCUT2D eigenvalue weighted by Gasteiger charge is 2.07. The molecule has 0 spiro atoms. The van der Waals surface area contributed by atoms with E-state index in [2.05, 4.69) is 15.3 Å². The third-order valence-corrected chi connectivity index (χ3v) is 3.99. The molecule has 23 heavy (non-hydrogen) atoms. The molecule has 3 aromatic rings. The molecule has 0 radical (unpaired) electrons. The first-order chi connectivity index (χ1) is 11.2. The number of aromatic nitrogens is 2. The summed E-state index contributed by atoms with van der Waals surface area (Å²) in [7, 11) is 0. The lowest BCUT2D eigenvalue weighted by atomic mass is 10.2. The quantitative estimate of drug-likeness (QED) is 0.698. The number of aromatic amines is 1. The van der Waals surface area contributed by atoms with Crippen molar-refractivity contribution in [2.45, 2.75) is 5.16 Å². The van der Waals surface area contributed by atoms with E-state index in [9.17, 15) is 9.18 Å². The van der Waals surface area contributed by atoms with E-state index < -0.39 is 0 Å². The molecule has 1 aromatic heterocycles. The summed E-state index contributed by atoms with van der Waals surface area (Å²) >= 11 is 1.31. The van der Waals surface area contributed by atoms with Crippen LogP contribution < -0.4 is 5.32 Å². The van der Waals surface area contributed by atoms with Crippen LogP contribution in [0, 0.1) is 5.82 Å². The largest absolute Gasteiger partial charge is 0.333 e. The van der Waals surface area contributed by atoms with Crippen molar-refractivity contribution in [2.75, 3.05) is 11.1 Å². The van der Waals surface area contributed by atoms with E-state index in [1.165, 1.54) is 23.9 Å². The molecule has 0 fully saturated rings. The second-order valence-corrected chi connectivity index (χ2v) is 5.78. The highest BCUT2D eigenvalue weighted by atomic mass is 32.2. The third-order valence-electron chi connectivity index (χ3n) is 3.11. The molecule has 0 bridgehead atoms. The van der Waals surface area contributed by atoms with E-state index in [0.29, 0.717) is 5.16 Å². The van der Waals surface area contributed by atoms with Gasteiger partial charge in [0.2, 0.25) is 5.91 Å². The van der Waals surface area contributed by atoms with Gasteiger partial charge in [0.05, 0.1) is 17.6 Å². The molecule has 0 saturated heterocycles. The lowest BCUT2D eigenvalue weighted by Gasteiger charge is -2.03. The zero-order valence-electron chi connectivity index (χ0n) is 12.1. The molecular formula is C17H14FN3OS. The molecule has 1 heterocycles. The van der Waals surface area contributed by atoms with Crippen LogP contribution in [0.2, 0.25) is 0 Å². The SMILES string of the molecule is O=C(CSc1ncc(-c2ccc(F)cc2)[nH]1)Nc1ccccc1. The molecule has 0 aliphatic rings. The molecular weight excluding hydrogens is 313 g/mol. The predicted octanol–water partition coefficient (Wildman–Crippen LogP) is 3.95. The van der Waals surface area contributed by atoms with Gasteiger partial charge in [-0.15, -0.1) is 0 Å². The van der Waals surface area contributed by atoms with Gasteiger partial charge in [-0.05, 0) is 42.0 Å². The van der Waals surface area contributed by atoms with Crippen LogP contribution in [0.5, 0.6) is 0 Å². The topological polar surface area (TPSA) is 57.8 Å². The molecule has 0 atom stereocenters. The number of imidazole rings is 1. The van der Waals surface area contributed by atoms with Crippen molar-refractivity contribution in [3.63, 3.8) is 0 Å². The highest BCUT2D eigenvalue weighted by molar-refractivity contribution is 7.99. The van der Waals surface area contributed by atoms with E-state index in [-0.39, 0.29) is 17.5 Å². The average molecular weight is 327 g/mol. The Labute approximate surface area is 137 Å². The Hall–Kier alpha value is -2.60. The first-order valence-corrected chi connectivity index (χ1v) is 7.98. The van der Waals surface area contributed by atoms with E-state index in [0.717, 1.165) is 16.9 Å². The normalized spacial score (nSPS) is 10.5. The summed E-state index contributed by atoms with van der Waals surface area (Å²) in [4.78, 5) is 19.2. The maximum atomic E-state index is 12.9. The number of carbonyl (C=O) groups excluding carboxylic acids is 1. The monoisotopic (exact) mass is 327 g/mol. The first kappa shape index (κ1) is 15.3. The zero-order chi connectivity index (χ0) is 16.1. The Bertz CT molecular complexity index is 787. The van der Waals surface area contributed by atoms with Crippen LogP contribution in [0.4, 0.5) is 10.1 Å². The number of nitrogens with zero attached hydrogens (tertiary/aromatic N) is 1. The lowest BCUT2D eigenvalue weighted by Crippen LogP contribution is -2.13. The molecule has 3 rings (SSSR count). The number of anilines is 1. The number of thioether (sulfide) groups is 1. The van der Waals surface area contributed by atoms with Crippen molar-refractivity contribution in [3.8, 4) is 11.3 Å². The van der Waals surface area contributed by atoms with Crippen molar-refractivity contribution >= 4 is 23.4 Å². The molecule has 4 nitrogen and oxygen atoms in total. The number of H-pyrrole nitrogens is 1. The zero-order valence-corrected chi connectivity index (χ0v) is 12.9. The van der Waals surface area contributed by atoms with Gasteiger partial charge in [0, 0.05) is 5.69 Å². The fourth-order valence-electron chi connectivity index (χ4n) is 2.00. The minimum absolute atomic E-state index is 0.0964. The summed E-state index contributed by atoms with van der Waals surface area (Å²) in [6, 6.07) is 15.5. The predicted molar refractivity (Wildman–Crippen MR) is 89.8 cm³/mol. The standard InChI is InChI=1S/C17H14FN3OS/c18-13-8-6-12(7-9-13)15-10-19-17(21-15)23-11-16(22)20-14-4-2-1-3-5-14/h1-10H,11H2,(H,19,21)(H,20,22). The second-order valence-electron chi connectivity index (χ2n) is 4.81. The molecule has 116 valence electrons. The number of nitrogens with one attached hydrogen (secondary N) is 2. The van der Waals surface area contributed by atoms with E-state index in [4.69, 9.17) is 0 Å². The third kappa shape index (κ3) is 4.20. The number of carbonyl (C=O) groups is 1. The van der Waals surface area contributed by atoms with Crippen LogP contribution >= 0.6 is 11.8 Å². The van der Waals surface area contributed by atoms with E-state index in [1.54, 1.807) is 18.3 Å². The summed E-state index contributed by atoms with van der Waals surface area (Å²) in [5.41, 5.74) is 2.40. The molecule has 2 N–H and O–H groups in total. The number of para-hydroxylation sites is 1. The van der Waals surface area contributed by atoms with Crippen LogP contribution in [0.3, 0.4) is 0 Å².